The van der Waals surface area contributed by atoms with Gasteiger partial charge in [-0.2, -0.15) is 0 Å². The zero-order valence-electron chi connectivity index (χ0n) is 8.86. The molecule has 1 heterocycles. The standard InChI is InChI=1S/C10H11ClFN3O2/c11-8-6(12)3-7(13)9(14-8)15(10(16)17)4-5-1-2-5/h3,5H,1-2,4,13H2,(H,16,17). The largest absolute Gasteiger partial charge is 0.465 e. The molecule has 1 fully saturated rings. The van der Waals surface area contributed by atoms with Crippen molar-refractivity contribution >= 4 is 29.2 Å². The Labute approximate surface area is 102 Å². The summed E-state index contributed by atoms with van der Waals surface area (Å²) >= 11 is 5.53. The number of carbonyl (C=O) groups is 1. The summed E-state index contributed by atoms with van der Waals surface area (Å²) in [6.45, 7) is 0.314. The van der Waals surface area contributed by atoms with Crippen molar-refractivity contribution in [3.05, 3.63) is 17.0 Å². The number of nitrogens with two attached hydrogens (primary N) is 1. The molecule has 17 heavy (non-hydrogen) atoms. The summed E-state index contributed by atoms with van der Waals surface area (Å²) in [5, 5.41) is 8.70. The molecule has 0 unspecified atom stereocenters. The Morgan fingerprint density at radius 3 is 2.88 bits per heavy atom. The monoisotopic (exact) mass is 259 g/mol. The maximum Gasteiger partial charge on any atom is 0.413 e. The molecule has 1 saturated carbocycles. The predicted octanol–water partition coefficient (Wildman–Crippen LogP) is 2.35. The fourth-order valence-electron chi connectivity index (χ4n) is 1.50. The predicted molar refractivity (Wildman–Crippen MR) is 61.7 cm³/mol. The van der Waals surface area contributed by atoms with Crippen LogP contribution in [0.5, 0.6) is 0 Å². The number of nitrogens with zero attached hydrogens (tertiary/aromatic N) is 2. The third kappa shape index (κ3) is 2.58. The highest BCUT2D eigenvalue weighted by Crippen LogP contribution is 2.33. The van der Waals surface area contributed by atoms with Crippen LogP contribution in [0.1, 0.15) is 12.8 Å². The molecule has 0 aromatic carbocycles. The van der Waals surface area contributed by atoms with Crippen molar-refractivity contribution in [1.82, 2.24) is 4.98 Å². The molecule has 92 valence electrons. The highest BCUT2D eigenvalue weighted by atomic mass is 35.5. The van der Waals surface area contributed by atoms with Gasteiger partial charge in [-0.25, -0.2) is 14.2 Å². The van der Waals surface area contributed by atoms with Crippen LogP contribution in [0.25, 0.3) is 0 Å². The number of amides is 1. The van der Waals surface area contributed by atoms with Crippen LogP contribution in [0.2, 0.25) is 5.15 Å². The number of halogens is 2. The van der Waals surface area contributed by atoms with Crippen LogP contribution in [-0.4, -0.2) is 22.7 Å². The van der Waals surface area contributed by atoms with E-state index in [1.54, 1.807) is 0 Å². The molecule has 0 saturated heterocycles. The fourth-order valence-corrected chi connectivity index (χ4v) is 1.64. The molecule has 5 nitrogen and oxygen atoms in total. The SMILES string of the molecule is Nc1cc(F)c(Cl)nc1N(CC1CC1)C(=O)O. The van der Waals surface area contributed by atoms with Gasteiger partial charge in [-0.3, -0.25) is 4.90 Å². The van der Waals surface area contributed by atoms with E-state index in [1.807, 2.05) is 0 Å². The van der Waals surface area contributed by atoms with Gasteiger partial charge >= 0.3 is 6.09 Å². The smallest absolute Gasteiger partial charge is 0.413 e. The highest BCUT2D eigenvalue weighted by Gasteiger charge is 2.29. The zero-order chi connectivity index (χ0) is 12.6. The van der Waals surface area contributed by atoms with Crippen LogP contribution in [0.15, 0.2) is 6.07 Å². The number of hydrogen-bond acceptors (Lipinski definition) is 3. The molecule has 1 aliphatic carbocycles. The fraction of sp³-hybridized carbons (Fsp3) is 0.400. The molecule has 3 N–H and O–H groups in total. The van der Waals surface area contributed by atoms with Gasteiger partial charge in [0.1, 0.15) is 0 Å². The second-order valence-electron chi connectivity index (χ2n) is 4.01. The number of hydrogen-bond donors (Lipinski definition) is 2. The van der Waals surface area contributed by atoms with Gasteiger partial charge in [-0.05, 0) is 18.8 Å². The van der Waals surface area contributed by atoms with Gasteiger partial charge in [-0.1, -0.05) is 11.6 Å². The molecule has 1 aliphatic rings. The van der Waals surface area contributed by atoms with E-state index in [0.717, 1.165) is 23.8 Å². The topological polar surface area (TPSA) is 79.5 Å². The van der Waals surface area contributed by atoms with Gasteiger partial charge in [0.05, 0.1) is 5.69 Å². The Morgan fingerprint density at radius 2 is 2.35 bits per heavy atom. The molecule has 0 aliphatic heterocycles. The minimum atomic E-state index is -1.17. The van der Waals surface area contributed by atoms with Gasteiger partial charge in [-0.15, -0.1) is 0 Å². The number of rotatable bonds is 3. The maximum atomic E-state index is 13.1. The maximum absolute atomic E-state index is 13.1. The lowest BCUT2D eigenvalue weighted by molar-refractivity contribution is 0.201. The first-order valence-corrected chi connectivity index (χ1v) is 5.49. The number of carboxylic acid groups (broad SMARTS) is 1. The third-order valence-electron chi connectivity index (χ3n) is 2.57. The average molecular weight is 260 g/mol. The van der Waals surface area contributed by atoms with Crippen LogP contribution < -0.4 is 10.6 Å². The first-order valence-electron chi connectivity index (χ1n) is 5.11. The van der Waals surface area contributed by atoms with E-state index < -0.39 is 11.9 Å². The van der Waals surface area contributed by atoms with E-state index in [0.29, 0.717) is 12.5 Å². The zero-order valence-corrected chi connectivity index (χ0v) is 9.62. The molecule has 1 aromatic rings. The van der Waals surface area contributed by atoms with Crippen LogP contribution in [-0.2, 0) is 0 Å². The summed E-state index contributed by atoms with van der Waals surface area (Å²) in [6.07, 6.45) is 0.802. The summed E-state index contributed by atoms with van der Waals surface area (Å²) in [5.41, 5.74) is 5.53. The van der Waals surface area contributed by atoms with Crippen molar-refractivity contribution in [3.63, 3.8) is 0 Å². The molecule has 2 rings (SSSR count). The van der Waals surface area contributed by atoms with E-state index in [1.165, 1.54) is 0 Å². The van der Waals surface area contributed by atoms with E-state index in [2.05, 4.69) is 4.98 Å². The van der Waals surface area contributed by atoms with Crippen molar-refractivity contribution in [2.75, 3.05) is 17.2 Å². The van der Waals surface area contributed by atoms with Gasteiger partial charge in [0.2, 0.25) is 0 Å². The average Bonchev–Trinajstić information content (AvgIpc) is 3.04. The van der Waals surface area contributed by atoms with Gasteiger partial charge in [0.15, 0.2) is 16.8 Å². The molecule has 0 radical (unpaired) electrons. The summed E-state index contributed by atoms with van der Waals surface area (Å²) in [5.74, 6) is -0.434. The lowest BCUT2D eigenvalue weighted by atomic mass is 10.3. The number of pyridine rings is 1. The van der Waals surface area contributed by atoms with Crippen LogP contribution >= 0.6 is 11.6 Å². The van der Waals surface area contributed by atoms with E-state index in [-0.39, 0.29) is 16.7 Å². The Balaban J connectivity index is 2.34. The van der Waals surface area contributed by atoms with E-state index in [9.17, 15) is 9.18 Å². The Bertz CT molecular complexity index is 465. The lowest BCUT2D eigenvalue weighted by Crippen LogP contribution is -2.32. The van der Waals surface area contributed by atoms with Crippen molar-refractivity contribution in [1.29, 1.82) is 0 Å². The molecular formula is C10H11ClFN3O2. The highest BCUT2D eigenvalue weighted by molar-refractivity contribution is 6.29. The van der Waals surface area contributed by atoms with Gasteiger partial charge in [0.25, 0.3) is 0 Å². The normalized spacial score (nSPS) is 14.7. The molecular weight excluding hydrogens is 249 g/mol. The molecule has 1 amide bonds. The first-order chi connectivity index (χ1) is 7.99. The Kier molecular flexibility index (Phi) is 3.06. The molecule has 0 spiro atoms. The number of anilines is 2. The Morgan fingerprint density at radius 1 is 1.71 bits per heavy atom. The first kappa shape index (κ1) is 11.9. The quantitative estimate of drug-likeness (QED) is 0.817. The number of aromatic nitrogens is 1. The second-order valence-corrected chi connectivity index (χ2v) is 4.37. The third-order valence-corrected chi connectivity index (χ3v) is 2.83. The molecule has 7 heteroatoms. The lowest BCUT2D eigenvalue weighted by Gasteiger charge is -2.19. The van der Waals surface area contributed by atoms with E-state index >= 15 is 0 Å². The van der Waals surface area contributed by atoms with Crippen molar-refractivity contribution in [2.45, 2.75) is 12.8 Å². The minimum absolute atomic E-state index is 0.00389. The molecule has 0 atom stereocenters. The van der Waals surface area contributed by atoms with Crippen LogP contribution in [0.4, 0.5) is 20.7 Å². The Hall–Kier alpha value is -1.56. The van der Waals surface area contributed by atoms with E-state index in [4.69, 9.17) is 22.4 Å². The number of nitrogen functional groups attached to an aromatic ring is 1. The van der Waals surface area contributed by atoms with Crippen molar-refractivity contribution < 1.29 is 14.3 Å². The minimum Gasteiger partial charge on any atom is -0.465 e. The van der Waals surface area contributed by atoms with Crippen LogP contribution in [0.3, 0.4) is 0 Å². The van der Waals surface area contributed by atoms with Crippen molar-refractivity contribution in [3.8, 4) is 0 Å². The summed E-state index contributed by atoms with van der Waals surface area (Å²) in [4.78, 5) is 15.8. The summed E-state index contributed by atoms with van der Waals surface area (Å²) in [7, 11) is 0. The molecule has 1 aromatic heterocycles. The summed E-state index contributed by atoms with van der Waals surface area (Å²) in [6, 6.07) is 0.980. The summed E-state index contributed by atoms with van der Waals surface area (Å²) < 4.78 is 13.1. The van der Waals surface area contributed by atoms with Gasteiger partial charge in [0, 0.05) is 12.6 Å². The van der Waals surface area contributed by atoms with Gasteiger partial charge < -0.3 is 10.8 Å². The second kappa shape index (κ2) is 4.37. The van der Waals surface area contributed by atoms with Crippen molar-refractivity contribution in [2.24, 2.45) is 5.92 Å². The van der Waals surface area contributed by atoms with Crippen LogP contribution in [0, 0.1) is 11.7 Å². The molecule has 0 bridgehead atoms.